The largest absolute Gasteiger partial charge is 0.294 e. The molecule has 0 bridgehead atoms. The number of hydrogen-bond donors (Lipinski definition) is 0. The fraction of sp³-hybridized carbons (Fsp3) is 0.105. The van der Waals surface area contributed by atoms with Gasteiger partial charge in [0.2, 0.25) is 0 Å². The number of benzene rings is 4. The summed E-state index contributed by atoms with van der Waals surface area (Å²) < 4.78 is 19.4. The third kappa shape index (κ3) is 4.03. The summed E-state index contributed by atoms with van der Waals surface area (Å²) in [6.07, 6.45) is 2.24. The van der Waals surface area contributed by atoms with E-state index in [0.717, 1.165) is 49.3 Å². The average Bonchev–Trinajstić information content (AvgIpc) is 3.38. The Morgan fingerprint density at radius 1 is 0.744 bits per heavy atom. The lowest BCUT2D eigenvalue weighted by Crippen LogP contribution is -2.25. The highest BCUT2D eigenvalue weighted by atomic mass is 32.2. The van der Waals surface area contributed by atoms with Gasteiger partial charge >= 0.3 is 0 Å². The van der Waals surface area contributed by atoms with Crippen LogP contribution in [0.15, 0.2) is 137 Å². The van der Waals surface area contributed by atoms with Gasteiger partial charge in [-0.05, 0) is 65.2 Å². The van der Waals surface area contributed by atoms with Crippen molar-refractivity contribution < 1.29 is 4.39 Å². The highest BCUT2D eigenvalue weighted by Crippen LogP contribution is 2.56. The maximum absolute atomic E-state index is 17.2. The van der Waals surface area contributed by atoms with Crippen LogP contribution in [0.2, 0.25) is 0 Å². The Morgan fingerprint density at radius 2 is 1.51 bits per heavy atom. The van der Waals surface area contributed by atoms with E-state index in [9.17, 15) is 0 Å². The number of fused-ring (bicyclic) bond motifs is 6. The maximum atomic E-state index is 17.2. The van der Waals surface area contributed by atoms with Gasteiger partial charge in [-0.25, -0.2) is 9.37 Å². The van der Waals surface area contributed by atoms with Gasteiger partial charge in [-0.15, -0.1) is 0 Å². The van der Waals surface area contributed by atoms with Crippen LogP contribution >= 0.6 is 11.8 Å². The van der Waals surface area contributed by atoms with E-state index in [1.807, 2.05) is 66.9 Å². The van der Waals surface area contributed by atoms with Gasteiger partial charge in [-0.1, -0.05) is 92.3 Å². The van der Waals surface area contributed by atoms with E-state index in [4.69, 9.17) is 4.98 Å². The number of nitrogens with zero attached hydrogens (tertiary/aromatic N) is 3. The topological polar surface area (TPSA) is 30.7 Å². The molecule has 4 heterocycles. The van der Waals surface area contributed by atoms with Crippen molar-refractivity contribution in [3.63, 3.8) is 0 Å². The van der Waals surface area contributed by atoms with Gasteiger partial charge in [0.05, 0.1) is 16.7 Å². The molecule has 0 spiro atoms. The second kappa shape index (κ2) is 9.92. The minimum atomic E-state index is -1.34. The van der Waals surface area contributed by atoms with Crippen molar-refractivity contribution in [2.75, 3.05) is 0 Å². The molecule has 43 heavy (non-hydrogen) atoms. The first-order chi connectivity index (χ1) is 21.0. The first-order valence-corrected chi connectivity index (χ1v) is 15.3. The quantitative estimate of drug-likeness (QED) is 0.209. The second-order valence-corrected chi connectivity index (χ2v) is 12.6. The molecule has 0 N–H and O–H groups in total. The van der Waals surface area contributed by atoms with Gasteiger partial charge in [0.25, 0.3) is 0 Å². The van der Waals surface area contributed by atoms with Crippen LogP contribution in [0.25, 0.3) is 38.9 Å². The van der Waals surface area contributed by atoms with Crippen LogP contribution in [-0.4, -0.2) is 14.5 Å². The molecule has 1 unspecified atom stereocenters. The van der Waals surface area contributed by atoms with Gasteiger partial charge in [-0.3, -0.25) is 9.55 Å². The third-order valence-corrected chi connectivity index (χ3v) is 9.85. The number of hydrogen-bond acceptors (Lipinski definition) is 3. The summed E-state index contributed by atoms with van der Waals surface area (Å²) in [4.78, 5) is 11.4. The van der Waals surface area contributed by atoms with Crippen LogP contribution in [0.3, 0.4) is 0 Å². The number of pyridine rings is 2. The van der Waals surface area contributed by atoms with E-state index in [2.05, 4.69) is 78.0 Å². The molecule has 0 amide bonds. The van der Waals surface area contributed by atoms with Crippen LogP contribution in [0.5, 0.6) is 0 Å². The number of aromatic nitrogens is 3. The lowest BCUT2D eigenvalue weighted by atomic mass is 9.75. The highest BCUT2D eigenvalue weighted by molar-refractivity contribution is 7.99. The lowest BCUT2D eigenvalue weighted by molar-refractivity contribution is 0.395. The predicted octanol–water partition coefficient (Wildman–Crippen LogP) is 10.1. The zero-order valence-electron chi connectivity index (χ0n) is 23.8. The standard InChI is InChI=1S/C38H28FN3S/c1-38(2)28-15-4-6-18-32(28)43-37-27(36(39)25-13-11-12-24(22-25)29-16-7-9-20-40-29)23-31-34(35(37)38)26-14-3-5-17-30(26)42(31)33-19-8-10-21-41-33/h3-23,36H,1-2H3. The Hall–Kier alpha value is -4.74. The van der Waals surface area contributed by atoms with E-state index in [-0.39, 0.29) is 5.41 Å². The van der Waals surface area contributed by atoms with Crippen molar-refractivity contribution in [2.24, 2.45) is 0 Å². The fourth-order valence-electron chi connectivity index (χ4n) is 6.64. The first-order valence-electron chi connectivity index (χ1n) is 14.5. The molecule has 1 aliphatic heterocycles. The predicted molar refractivity (Wildman–Crippen MR) is 174 cm³/mol. The molecule has 208 valence electrons. The van der Waals surface area contributed by atoms with Crippen LogP contribution in [-0.2, 0) is 5.41 Å². The zero-order chi connectivity index (χ0) is 29.1. The summed E-state index contributed by atoms with van der Waals surface area (Å²) in [6.45, 7) is 4.55. The van der Waals surface area contributed by atoms with Gasteiger partial charge in [0.1, 0.15) is 5.82 Å². The summed E-state index contributed by atoms with van der Waals surface area (Å²) in [5, 5.41) is 2.30. The molecule has 3 nitrogen and oxygen atoms in total. The van der Waals surface area contributed by atoms with Crippen molar-refractivity contribution in [3.05, 3.63) is 150 Å². The fourth-order valence-corrected chi connectivity index (χ4v) is 8.18. The Bertz CT molecular complexity index is 2150. The minimum Gasteiger partial charge on any atom is -0.294 e. The molecule has 8 rings (SSSR count). The van der Waals surface area contributed by atoms with E-state index < -0.39 is 6.17 Å². The Morgan fingerprint density at radius 3 is 2.33 bits per heavy atom. The zero-order valence-corrected chi connectivity index (χ0v) is 24.6. The molecule has 0 saturated carbocycles. The van der Waals surface area contributed by atoms with Crippen molar-refractivity contribution in [1.29, 1.82) is 0 Å². The molecule has 5 heteroatoms. The van der Waals surface area contributed by atoms with Crippen LogP contribution < -0.4 is 0 Å². The maximum Gasteiger partial charge on any atom is 0.151 e. The molecule has 7 aromatic rings. The molecular formula is C38H28FN3S. The summed E-state index contributed by atoms with van der Waals surface area (Å²) >= 11 is 1.69. The number of alkyl halides is 1. The molecule has 0 saturated heterocycles. The van der Waals surface area contributed by atoms with Crippen molar-refractivity contribution in [1.82, 2.24) is 14.5 Å². The molecule has 3 aromatic heterocycles. The van der Waals surface area contributed by atoms with Crippen LogP contribution in [0.4, 0.5) is 4.39 Å². The summed E-state index contributed by atoms with van der Waals surface area (Å²) in [5.74, 6) is 0.814. The van der Waals surface area contributed by atoms with Crippen molar-refractivity contribution in [2.45, 2.75) is 35.2 Å². The van der Waals surface area contributed by atoms with E-state index in [0.29, 0.717) is 11.1 Å². The molecule has 0 fully saturated rings. The summed E-state index contributed by atoms with van der Waals surface area (Å²) in [7, 11) is 0. The van der Waals surface area contributed by atoms with Crippen LogP contribution in [0.1, 0.15) is 42.3 Å². The first kappa shape index (κ1) is 25.9. The van der Waals surface area contributed by atoms with Gasteiger partial charge in [-0.2, -0.15) is 0 Å². The summed E-state index contributed by atoms with van der Waals surface area (Å²) in [6, 6.07) is 38.6. The number of para-hydroxylation sites is 1. The van der Waals surface area contributed by atoms with Gasteiger partial charge in [0.15, 0.2) is 6.17 Å². The SMILES string of the molecule is CC1(C)c2ccccc2Sc2c(C(F)c3cccc(-c4ccccn4)c3)cc3c(c21)c1ccccc1n3-c1ccccn1. The van der Waals surface area contributed by atoms with Gasteiger partial charge in [0, 0.05) is 49.5 Å². The molecule has 1 atom stereocenters. The van der Waals surface area contributed by atoms with E-state index in [1.54, 1.807) is 18.0 Å². The minimum absolute atomic E-state index is 0.361. The Labute approximate surface area is 254 Å². The molecule has 0 aliphatic carbocycles. The lowest BCUT2D eigenvalue weighted by Gasteiger charge is -2.37. The van der Waals surface area contributed by atoms with Crippen molar-refractivity contribution in [3.8, 4) is 17.1 Å². The van der Waals surface area contributed by atoms with Gasteiger partial charge < -0.3 is 0 Å². The second-order valence-electron chi connectivity index (χ2n) is 11.5. The Balaban J connectivity index is 1.46. The number of rotatable bonds is 4. The number of halogens is 1. The monoisotopic (exact) mass is 577 g/mol. The molecule has 0 radical (unpaired) electrons. The van der Waals surface area contributed by atoms with E-state index >= 15 is 4.39 Å². The molecule has 4 aromatic carbocycles. The average molecular weight is 578 g/mol. The molecular weight excluding hydrogens is 550 g/mol. The normalized spacial score (nSPS) is 14.4. The van der Waals surface area contributed by atoms with E-state index in [1.165, 1.54) is 10.5 Å². The summed E-state index contributed by atoms with van der Waals surface area (Å²) in [5.41, 5.74) is 7.10. The smallest absolute Gasteiger partial charge is 0.151 e. The molecule has 1 aliphatic rings. The van der Waals surface area contributed by atoms with Crippen molar-refractivity contribution >= 4 is 33.6 Å². The Kier molecular flexibility index (Phi) is 5.98. The highest BCUT2D eigenvalue weighted by Gasteiger charge is 2.39. The third-order valence-electron chi connectivity index (χ3n) is 8.63. The van der Waals surface area contributed by atoms with Crippen LogP contribution in [0, 0.1) is 0 Å².